The van der Waals surface area contributed by atoms with Crippen LogP contribution in [0.3, 0.4) is 0 Å². The molecule has 12 nitrogen and oxygen atoms in total. The number of aryl methyl sites for hydroxylation is 3. The molecule has 3 aromatic heterocycles. The summed E-state index contributed by atoms with van der Waals surface area (Å²) in [5, 5.41) is 0. The molecule has 0 bridgehead atoms. The molecule has 0 amide bonds. The molecule has 0 saturated carbocycles. The molecule has 0 saturated heterocycles. The molecule has 3 atom stereocenters. The number of aromatic nitrogens is 6. The second-order valence-electron chi connectivity index (χ2n) is 15.5. The van der Waals surface area contributed by atoms with Crippen molar-refractivity contribution < 1.29 is 32.3 Å². The van der Waals surface area contributed by atoms with Crippen molar-refractivity contribution in [3.63, 3.8) is 0 Å². The van der Waals surface area contributed by atoms with Gasteiger partial charge in [0.05, 0.1) is 50.9 Å². The number of fused-ring (bicyclic) bond motifs is 3. The van der Waals surface area contributed by atoms with Crippen LogP contribution in [0.4, 0.5) is 35.7 Å². The van der Waals surface area contributed by atoms with Crippen molar-refractivity contribution in [2.45, 2.75) is 91.9 Å². The lowest BCUT2D eigenvalue weighted by atomic mass is 9.81. The average molecular weight is 1100 g/mol. The minimum absolute atomic E-state index is 0. The number of halogens is 7. The Morgan fingerprint density at radius 3 is 0.924 bits per heavy atom. The first-order chi connectivity index (χ1) is 29.9. The summed E-state index contributed by atoms with van der Waals surface area (Å²) in [5.41, 5.74) is 25.4. The standard InChI is InChI=1S/3C15H13BrFN3O.2CH4.FH/c3*1-7-14-12(20-15(18)19-7)4-8(5-13(14)21)10-3-2-9(17)6-11(10)16;;;/h3*2-3,6,8H,4-5H2,1H3,(H2,18,19,20);2*1H4;1H/t2*8-;;;;/m10..../s1. The summed E-state index contributed by atoms with van der Waals surface area (Å²) in [6, 6.07) is 13.6. The summed E-state index contributed by atoms with van der Waals surface area (Å²) in [5.74, 6) is -0.466. The van der Waals surface area contributed by atoms with Gasteiger partial charge in [-0.25, -0.2) is 43.1 Å². The second-order valence-corrected chi connectivity index (χ2v) is 18.1. The lowest BCUT2D eigenvalue weighted by Gasteiger charge is -2.25. The zero-order valence-electron chi connectivity index (χ0n) is 34.5. The predicted octanol–water partition coefficient (Wildman–Crippen LogP) is 11.0. The second kappa shape index (κ2) is 21.8. The van der Waals surface area contributed by atoms with Crippen molar-refractivity contribution >= 4 is 83.0 Å². The third-order valence-electron chi connectivity index (χ3n) is 11.2. The molecule has 66 heavy (non-hydrogen) atoms. The van der Waals surface area contributed by atoms with E-state index in [0.717, 1.165) is 16.7 Å². The fraction of sp³-hybridized carbons (Fsp3) is 0.298. The van der Waals surface area contributed by atoms with Crippen LogP contribution in [0, 0.1) is 38.2 Å². The fourth-order valence-electron chi connectivity index (χ4n) is 8.55. The third kappa shape index (κ3) is 11.5. The maximum Gasteiger partial charge on any atom is 0.220 e. The Labute approximate surface area is 405 Å². The lowest BCUT2D eigenvalue weighted by molar-refractivity contribution is 0.0953. The molecule has 348 valence electrons. The molecule has 3 aliphatic rings. The molecular weight excluding hydrogens is 1050 g/mol. The van der Waals surface area contributed by atoms with Gasteiger partial charge in [0, 0.05) is 32.7 Å². The van der Waals surface area contributed by atoms with Gasteiger partial charge in [0.15, 0.2) is 17.3 Å². The number of carbonyl (C=O) groups is 3. The average Bonchev–Trinajstić information content (AvgIpc) is 3.17. The van der Waals surface area contributed by atoms with Crippen LogP contribution in [0.15, 0.2) is 68.0 Å². The summed E-state index contributed by atoms with van der Waals surface area (Å²) in [6.07, 6.45) is 2.89. The van der Waals surface area contributed by atoms with Crippen LogP contribution in [0.1, 0.15) is 134 Å². The van der Waals surface area contributed by atoms with Gasteiger partial charge in [0.1, 0.15) is 17.5 Å². The molecule has 3 aromatic carbocycles. The maximum absolute atomic E-state index is 13.2. The minimum atomic E-state index is -0.310. The van der Waals surface area contributed by atoms with Crippen LogP contribution in [0.25, 0.3) is 0 Å². The van der Waals surface area contributed by atoms with E-state index in [4.69, 9.17) is 17.2 Å². The van der Waals surface area contributed by atoms with Crippen LogP contribution >= 0.6 is 47.8 Å². The van der Waals surface area contributed by atoms with Crippen molar-refractivity contribution in [2.24, 2.45) is 0 Å². The molecule has 9 rings (SSSR count). The normalized spacial score (nSPS) is 16.9. The van der Waals surface area contributed by atoms with E-state index in [1.165, 1.54) is 36.4 Å². The molecule has 3 aliphatic carbocycles. The van der Waals surface area contributed by atoms with Crippen molar-refractivity contribution in [3.8, 4) is 0 Å². The number of hydrogen-bond donors (Lipinski definition) is 3. The number of anilines is 3. The highest BCUT2D eigenvalue weighted by atomic mass is 79.9. The van der Waals surface area contributed by atoms with Crippen molar-refractivity contribution in [1.82, 2.24) is 29.9 Å². The Kier molecular flexibility index (Phi) is 17.6. The molecule has 3 heterocycles. The zero-order valence-corrected chi connectivity index (χ0v) is 39.2. The van der Waals surface area contributed by atoms with Crippen LogP contribution in [-0.2, 0) is 19.3 Å². The molecule has 19 heteroatoms. The van der Waals surface area contributed by atoms with Gasteiger partial charge in [-0.3, -0.25) is 19.1 Å². The van der Waals surface area contributed by atoms with E-state index >= 15 is 0 Å². The number of nitrogen functional groups attached to an aromatic ring is 3. The SMILES string of the molecule is C.C.Cc1nc(N)nc2c1C(=O)CC(c1ccc(F)cc1Br)C2.Cc1nc(N)nc2c1C(=O)C[C@@H](c1ccc(F)cc1Br)C2.Cc1nc(N)nc2c1C(=O)C[C@H](c1ccc(F)cc1Br)C2.F. The van der Waals surface area contributed by atoms with Crippen LogP contribution < -0.4 is 17.2 Å². The molecule has 0 radical (unpaired) electrons. The molecule has 1 unspecified atom stereocenters. The number of carbonyl (C=O) groups excluding carboxylic acids is 3. The highest BCUT2D eigenvalue weighted by Crippen LogP contribution is 2.39. The largest absolute Gasteiger partial charge is 0.368 e. The summed E-state index contributed by atoms with van der Waals surface area (Å²) < 4.78 is 41.6. The van der Waals surface area contributed by atoms with E-state index in [2.05, 4.69) is 77.7 Å². The lowest BCUT2D eigenvalue weighted by Crippen LogP contribution is -2.23. The first kappa shape index (κ1) is 53.1. The van der Waals surface area contributed by atoms with Gasteiger partial charge in [-0.15, -0.1) is 0 Å². The monoisotopic (exact) mass is 1100 g/mol. The Hall–Kier alpha value is -5.53. The maximum atomic E-state index is 13.2. The number of hydrogen-bond acceptors (Lipinski definition) is 12. The number of ketones is 3. The Morgan fingerprint density at radius 1 is 0.455 bits per heavy atom. The molecule has 6 N–H and O–H groups in total. The van der Waals surface area contributed by atoms with E-state index in [1.54, 1.807) is 39.0 Å². The number of rotatable bonds is 3. The fourth-order valence-corrected chi connectivity index (χ4v) is 10.6. The molecule has 0 fully saturated rings. The van der Waals surface area contributed by atoms with E-state index in [-0.39, 0.29) is 90.0 Å². The van der Waals surface area contributed by atoms with E-state index < -0.39 is 0 Å². The van der Waals surface area contributed by atoms with Crippen LogP contribution in [-0.4, -0.2) is 47.3 Å². The number of nitrogens with zero attached hydrogens (tertiary/aromatic N) is 6. The molecular formula is C47H48Br3F4N9O3. The van der Waals surface area contributed by atoms with Gasteiger partial charge in [-0.1, -0.05) is 80.8 Å². The number of Topliss-reactive ketones (excluding diaryl/α,β-unsaturated/α-hetero) is 3. The van der Waals surface area contributed by atoms with Gasteiger partial charge >= 0.3 is 0 Å². The van der Waals surface area contributed by atoms with Gasteiger partial charge in [0.25, 0.3) is 0 Å². The Morgan fingerprint density at radius 2 is 0.697 bits per heavy atom. The van der Waals surface area contributed by atoms with Gasteiger partial charge < -0.3 is 17.2 Å². The van der Waals surface area contributed by atoms with E-state index in [1.807, 2.05) is 0 Å². The summed E-state index contributed by atoms with van der Waals surface area (Å²) in [4.78, 5) is 61.9. The Bertz CT molecular complexity index is 2550. The first-order valence-corrected chi connectivity index (χ1v) is 22.1. The summed E-state index contributed by atoms with van der Waals surface area (Å²) >= 11 is 10.1. The quantitative estimate of drug-likeness (QED) is 0.142. The predicted molar refractivity (Wildman–Crippen MR) is 258 cm³/mol. The molecule has 0 spiro atoms. The summed E-state index contributed by atoms with van der Waals surface area (Å²) in [7, 11) is 0. The first-order valence-electron chi connectivity index (χ1n) is 19.7. The minimum Gasteiger partial charge on any atom is -0.368 e. The summed E-state index contributed by atoms with van der Waals surface area (Å²) in [6.45, 7) is 5.30. The molecule has 6 aromatic rings. The topological polar surface area (TPSA) is 207 Å². The highest BCUT2D eigenvalue weighted by molar-refractivity contribution is 9.11. The van der Waals surface area contributed by atoms with E-state index in [9.17, 15) is 27.6 Å². The van der Waals surface area contributed by atoms with E-state index in [0.29, 0.717) is 103 Å². The smallest absolute Gasteiger partial charge is 0.220 e. The third-order valence-corrected chi connectivity index (χ3v) is 13.3. The number of benzene rings is 3. The van der Waals surface area contributed by atoms with Crippen LogP contribution in [0.5, 0.6) is 0 Å². The molecule has 0 aliphatic heterocycles. The van der Waals surface area contributed by atoms with Crippen molar-refractivity contribution in [1.29, 1.82) is 0 Å². The zero-order chi connectivity index (χ0) is 45.4. The van der Waals surface area contributed by atoms with Gasteiger partial charge in [-0.2, -0.15) is 0 Å². The van der Waals surface area contributed by atoms with Gasteiger partial charge in [-0.05, 0) is 111 Å². The van der Waals surface area contributed by atoms with Crippen LogP contribution in [0.2, 0.25) is 0 Å². The van der Waals surface area contributed by atoms with Gasteiger partial charge in [0.2, 0.25) is 17.8 Å². The van der Waals surface area contributed by atoms with Crippen molar-refractivity contribution in [3.05, 3.63) is 153 Å². The highest BCUT2D eigenvalue weighted by Gasteiger charge is 2.33. The number of nitrogens with two attached hydrogens (primary N) is 3. The Balaban J connectivity index is 0.000000212. The van der Waals surface area contributed by atoms with Crippen molar-refractivity contribution in [2.75, 3.05) is 17.2 Å².